The molecule has 0 spiro atoms. The Hall–Kier alpha value is -1.88. The monoisotopic (exact) mass is 306 g/mol. The Morgan fingerprint density at radius 1 is 1.32 bits per heavy atom. The van der Waals surface area contributed by atoms with E-state index in [1.54, 1.807) is 13.8 Å². The van der Waals surface area contributed by atoms with Gasteiger partial charge in [-0.2, -0.15) is 5.26 Å². The van der Waals surface area contributed by atoms with E-state index in [2.05, 4.69) is 21.2 Å². The van der Waals surface area contributed by atoms with Gasteiger partial charge in [-0.1, -0.05) is 0 Å². The molecule has 2 heterocycles. The van der Waals surface area contributed by atoms with Gasteiger partial charge >= 0.3 is 0 Å². The van der Waals surface area contributed by atoms with Crippen LogP contribution in [-0.2, 0) is 4.79 Å². The van der Waals surface area contributed by atoms with Gasteiger partial charge in [-0.25, -0.2) is 0 Å². The highest BCUT2D eigenvalue weighted by Gasteiger charge is 2.21. The average molecular weight is 306 g/mol. The van der Waals surface area contributed by atoms with Crippen LogP contribution in [0.5, 0.6) is 0 Å². The molecule has 1 amide bonds. The predicted octanol–water partition coefficient (Wildman–Crippen LogP) is 0.317. The van der Waals surface area contributed by atoms with Gasteiger partial charge < -0.3 is 9.52 Å². The maximum Gasteiger partial charge on any atom is 0.240 e. The van der Waals surface area contributed by atoms with E-state index < -0.39 is 0 Å². The fourth-order valence-electron chi connectivity index (χ4n) is 2.53. The zero-order chi connectivity index (χ0) is 16.1. The minimum Gasteiger partial charge on any atom is -0.444 e. The number of hydrogen-bond donors (Lipinski definition) is 2. The largest absolute Gasteiger partial charge is 0.444 e. The van der Waals surface area contributed by atoms with Gasteiger partial charge in [0.15, 0.2) is 0 Å². The molecule has 1 aromatic rings. The molecule has 7 nitrogen and oxygen atoms in total. The van der Waals surface area contributed by atoms with Crippen molar-refractivity contribution >= 4 is 11.8 Å². The van der Waals surface area contributed by atoms with Crippen molar-refractivity contribution in [1.29, 1.82) is 5.26 Å². The molecule has 0 bridgehead atoms. The normalized spacial score (nSPS) is 16.5. The second kappa shape index (κ2) is 7.40. The van der Waals surface area contributed by atoms with E-state index in [0.717, 1.165) is 31.7 Å². The molecule has 0 radical (unpaired) electrons. The summed E-state index contributed by atoms with van der Waals surface area (Å²) in [6, 6.07) is 2.06. The first-order valence-electron chi connectivity index (χ1n) is 7.40. The number of rotatable bonds is 5. The molecule has 0 aromatic carbocycles. The lowest BCUT2D eigenvalue weighted by Gasteiger charge is -2.33. The Bertz CT molecular complexity index is 568. The van der Waals surface area contributed by atoms with E-state index in [0.29, 0.717) is 17.9 Å². The minimum atomic E-state index is -0.180. The number of furan rings is 1. The molecule has 1 saturated heterocycles. The minimum absolute atomic E-state index is 0.161. The number of carbonyl (C=O) groups excluding carboxylic acids is 1. The van der Waals surface area contributed by atoms with Gasteiger partial charge in [-0.15, -0.1) is 0 Å². The zero-order valence-corrected chi connectivity index (χ0v) is 13.1. The molecule has 7 heteroatoms. The molecule has 120 valence electrons. The third-order valence-electron chi connectivity index (χ3n) is 4.00. The van der Waals surface area contributed by atoms with E-state index in [1.165, 1.54) is 0 Å². The van der Waals surface area contributed by atoms with Crippen molar-refractivity contribution in [3.63, 3.8) is 0 Å². The van der Waals surface area contributed by atoms with Gasteiger partial charge in [0.05, 0.1) is 13.2 Å². The Labute approximate surface area is 130 Å². The van der Waals surface area contributed by atoms with Gasteiger partial charge in [-0.05, 0) is 13.8 Å². The van der Waals surface area contributed by atoms with Crippen molar-refractivity contribution in [1.82, 2.24) is 9.80 Å². The number of nitrogens with zero attached hydrogens (tertiary/aromatic N) is 3. The van der Waals surface area contributed by atoms with Crippen LogP contribution in [0.3, 0.4) is 0 Å². The van der Waals surface area contributed by atoms with Gasteiger partial charge in [0.25, 0.3) is 0 Å². The fraction of sp³-hybridized carbons (Fsp3) is 0.600. The number of carbonyl (C=O) groups is 1. The number of nitriles is 1. The summed E-state index contributed by atoms with van der Waals surface area (Å²) < 4.78 is 5.44. The molecule has 2 N–H and O–H groups in total. The van der Waals surface area contributed by atoms with Crippen LogP contribution in [0.25, 0.3) is 0 Å². The number of hydrogen-bond acceptors (Lipinski definition) is 6. The topological polar surface area (TPSA) is 92.7 Å². The Morgan fingerprint density at radius 3 is 2.55 bits per heavy atom. The van der Waals surface area contributed by atoms with Gasteiger partial charge in [0.2, 0.25) is 11.8 Å². The van der Waals surface area contributed by atoms with Crippen molar-refractivity contribution < 1.29 is 14.3 Å². The van der Waals surface area contributed by atoms with Crippen molar-refractivity contribution in [2.45, 2.75) is 13.8 Å². The van der Waals surface area contributed by atoms with Crippen LogP contribution in [-0.4, -0.2) is 66.7 Å². The fourth-order valence-corrected chi connectivity index (χ4v) is 2.53. The highest BCUT2D eigenvalue weighted by Crippen LogP contribution is 2.25. The second-order valence-electron chi connectivity index (χ2n) is 5.49. The molecule has 0 aliphatic carbocycles. The summed E-state index contributed by atoms with van der Waals surface area (Å²) in [5.74, 6) is 0.701. The molecule has 0 saturated carbocycles. The smallest absolute Gasteiger partial charge is 0.240 e. The summed E-state index contributed by atoms with van der Waals surface area (Å²) in [4.78, 5) is 16.3. The first-order valence-corrected chi connectivity index (χ1v) is 7.40. The van der Waals surface area contributed by atoms with E-state index in [9.17, 15) is 4.79 Å². The van der Waals surface area contributed by atoms with Crippen LogP contribution in [0, 0.1) is 25.2 Å². The quantitative estimate of drug-likeness (QED) is 0.813. The van der Waals surface area contributed by atoms with Gasteiger partial charge in [0.1, 0.15) is 17.4 Å². The van der Waals surface area contributed by atoms with E-state index >= 15 is 0 Å². The first kappa shape index (κ1) is 16.5. The van der Waals surface area contributed by atoms with Crippen LogP contribution in [0.2, 0.25) is 0 Å². The summed E-state index contributed by atoms with van der Waals surface area (Å²) in [7, 11) is 0. The van der Waals surface area contributed by atoms with E-state index in [-0.39, 0.29) is 24.9 Å². The number of nitrogens with one attached hydrogen (secondary N) is 1. The summed E-state index contributed by atoms with van der Waals surface area (Å²) in [5.41, 5.74) is 1.15. The van der Waals surface area contributed by atoms with E-state index in [1.807, 2.05) is 0 Å². The highest BCUT2D eigenvalue weighted by atomic mass is 16.4. The Morgan fingerprint density at radius 2 is 1.95 bits per heavy atom. The van der Waals surface area contributed by atoms with E-state index in [4.69, 9.17) is 14.8 Å². The number of β-amino-alcohol motifs (C(OH)–C–C–N with tert-alkyl or cyclic N) is 1. The number of amides is 1. The number of piperazine rings is 1. The second-order valence-corrected chi connectivity index (χ2v) is 5.49. The van der Waals surface area contributed by atoms with Crippen LogP contribution in [0.1, 0.15) is 16.9 Å². The number of aryl methyl sites for hydroxylation is 1. The van der Waals surface area contributed by atoms with Crippen LogP contribution in [0.4, 0.5) is 5.88 Å². The molecule has 1 aromatic heterocycles. The standard InChI is InChI=1S/C15H22N4O3/c1-11-12(2)22-15(13(11)9-16)17-14(21)10-19-5-3-18(4-6-19)7-8-20/h20H,3-8,10H2,1-2H3,(H,17,21). The third kappa shape index (κ3) is 3.85. The summed E-state index contributed by atoms with van der Waals surface area (Å²) in [6.45, 7) is 7.94. The number of anilines is 1. The van der Waals surface area contributed by atoms with Crippen molar-refractivity contribution in [2.24, 2.45) is 0 Å². The number of aliphatic hydroxyl groups excluding tert-OH is 1. The van der Waals surface area contributed by atoms with Crippen LogP contribution >= 0.6 is 0 Å². The maximum atomic E-state index is 12.1. The van der Waals surface area contributed by atoms with Crippen LogP contribution < -0.4 is 5.32 Å². The molecule has 22 heavy (non-hydrogen) atoms. The van der Waals surface area contributed by atoms with Crippen molar-refractivity contribution in [3.05, 3.63) is 16.9 Å². The van der Waals surface area contributed by atoms with Crippen molar-refractivity contribution in [3.8, 4) is 6.07 Å². The Balaban J connectivity index is 1.87. The molecule has 0 unspecified atom stereocenters. The molecular weight excluding hydrogens is 284 g/mol. The maximum absolute atomic E-state index is 12.1. The lowest BCUT2D eigenvalue weighted by molar-refractivity contribution is -0.117. The molecule has 1 aliphatic heterocycles. The first-order chi connectivity index (χ1) is 10.5. The molecule has 1 fully saturated rings. The molecule has 0 atom stereocenters. The molecular formula is C15H22N4O3. The molecule has 1 aliphatic rings. The van der Waals surface area contributed by atoms with Crippen molar-refractivity contribution in [2.75, 3.05) is 51.2 Å². The highest BCUT2D eigenvalue weighted by molar-refractivity contribution is 5.92. The lowest BCUT2D eigenvalue weighted by Crippen LogP contribution is -2.49. The SMILES string of the molecule is Cc1oc(NC(=O)CN2CCN(CCO)CC2)c(C#N)c1C. The summed E-state index contributed by atoms with van der Waals surface area (Å²) in [5, 5.41) is 20.7. The molecule has 2 rings (SSSR count). The predicted molar refractivity (Wildman–Crippen MR) is 81.5 cm³/mol. The Kier molecular flexibility index (Phi) is 5.55. The number of aliphatic hydroxyl groups is 1. The van der Waals surface area contributed by atoms with Gasteiger partial charge in [0, 0.05) is 38.3 Å². The van der Waals surface area contributed by atoms with Crippen LogP contribution in [0.15, 0.2) is 4.42 Å². The summed E-state index contributed by atoms with van der Waals surface area (Å²) in [6.07, 6.45) is 0. The third-order valence-corrected chi connectivity index (χ3v) is 4.00. The lowest BCUT2D eigenvalue weighted by atomic mass is 10.2. The average Bonchev–Trinajstić information content (AvgIpc) is 2.75. The van der Waals surface area contributed by atoms with Gasteiger partial charge in [-0.3, -0.25) is 19.9 Å². The zero-order valence-electron chi connectivity index (χ0n) is 13.1. The summed E-state index contributed by atoms with van der Waals surface area (Å²) >= 11 is 0.